The van der Waals surface area contributed by atoms with E-state index in [-0.39, 0.29) is 56.9 Å². The van der Waals surface area contributed by atoms with Crippen molar-refractivity contribution in [3.8, 4) is 0 Å². The summed E-state index contributed by atoms with van der Waals surface area (Å²) in [7, 11) is 0. The van der Waals surface area contributed by atoms with E-state index in [9.17, 15) is 0 Å². The van der Waals surface area contributed by atoms with Crippen LogP contribution in [0.1, 0.15) is 0 Å². The third kappa shape index (κ3) is 4.76. The second kappa shape index (κ2) is 7.61. The molecule has 0 aromatic carbocycles. The summed E-state index contributed by atoms with van der Waals surface area (Å²) in [5, 5.41) is 0. The van der Waals surface area contributed by atoms with Gasteiger partial charge in [-0.25, -0.2) is 15.0 Å². The third-order valence-electron chi connectivity index (χ3n) is 0.400. The van der Waals surface area contributed by atoms with E-state index < -0.39 is 0 Å². The smallest absolute Gasteiger partial charge is 0.870 e. The maximum absolute atomic E-state index is 3.56. The minimum Gasteiger partial charge on any atom is -0.870 e. The molecular formula is C3H4KN3O. The van der Waals surface area contributed by atoms with Gasteiger partial charge in [-0.1, -0.05) is 0 Å². The fourth-order valence-electron chi connectivity index (χ4n) is 0.205. The summed E-state index contributed by atoms with van der Waals surface area (Å²) >= 11 is 0. The van der Waals surface area contributed by atoms with Crippen LogP contribution in [0, 0.1) is 0 Å². The van der Waals surface area contributed by atoms with Crippen LogP contribution in [-0.4, -0.2) is 20.4 Å². The predicted octanol–water partition coefficient (Wildman–Crippen LogP) is -3.30. The molecule has 0 aliphatic rings. The molecule has 38 valence electrons. The van der Waals surface area contributed by atoms with Crippen LogP contribution < -0.4 is 51.4 Å². The SMILES string of the molecule is [K+].[OH-].c1ncncn1. The van der Waals surface area contributed by atoms with Crippen molar-refractivity contribution in [1.82, 2.24) is 15.0 Å². The number of nitrogens with zero attached hydrogens (tertiary/aromatic N) is 3. The molecule has 1 N–H and O–H groups in total. The van der Waals surface area contributed by atoms with Gasteiger partial charge in [0.15, 0.2) is 0 Å². The molecule has 1 rings (SSSR count). The van der Waals surface area contributed by atoms with Crippen LogP contribution in [0.2, 0.25) is 0 Å². The maximum Gasteiger partial charge on any atom is 1.00 e. The first-order chi connectivity index (χ1) is 3.00. The average Bonchev–Trinajstić information content (AvgIpc) is 1.72. The molecule has 0 atom stereocenters. The van der Waals surface area contributed by atoms with Crippen molar-refractivity contribution >= 4 is 0 Å². The topological polar surface area (TPSA) is 68.7 Å². The predicted molar refractivity (Wildman–Crippen MR) is 21.8 cm³/mol. The van der Waals surface area contributed by atoms with Gasteiger partial charge in [-0.3, -0.25) is 0 Å². The standard InChI is InChI=1S/C3H3N3.K.H2O/c1-4-2-6-3-5-1;;/h1-3H;;1H2/q;+1;/p-1. The quantitative estimate of drug-likeness (QED) is 0.351. The van der Waals surface area contributed by atoms with Gasteiger partial charge >= 0.3 is 51.4 Å². The number of rotatable bonds is 0. The molecular weight excluding hydrogens is 133 g/mol. The van der Waals surface area contributed by atoms with Crippen LogP contribution in [0.15, 0.2) is 19.0 Å². The molecule has 0 saturated heterocycles. The molecule has 0 unspecified atom stereocenters. The van der Waals surface area contributed by atoms with Crippen molar-refractivity contribution in [1.29, 1.82) is 0 Å². The molecule has 0 bridgehead atoms. The van der Waals surface area contributed by atoms with Crippen LogP contribution >= 0.6 is 0 Å². The Labute approximate surface area is 89.5 Å². The zero-order valence-electron chi connectivity index (χ0n) is 4.52. The summed E-state index contributed by atoms with van der Waals surface area (Å²) in [6.45, 7) is 0. The van der Waals surface area contributed by atoms with Gasteiger partial charge in [0.05, 0.1) is 0 Å². The summed E-state index contributed by atoms with van der Waals surface area (Å²) in [5.41, 5.74) is 0. The summed E-state index contributed by atoms with van der Waals surface area (Å²) in [6.07, 6.45) is 4.31. The van der Waals surface area contributed by atoms with Crippen LogP contribution in [0.4, 0.5) is 0 Å². The zero-order chi connectivity index (χ0) is 4.24. The maximum atomic E-state index is 3.56. The molecule has 1 aromatic heterocycles. The second-order valence-corrected chi connectivity index (χ2v) is 0.794. The average molecular weight is 137 g/mol. The van der Waals surface area contributed by atoms with Crippen molar-refractivity contribution in [3.63, 3.8) is 0 Å². The van der Waals surface area contributed by atoms with Crippen LogP contribution in [0.3, 0.4) is 0 Å². The summed E-state index contributed by atoms with van der Waals surface area (Å²) < 4.78 is 0. The minimum absolute atomic E-state index is 0. The van der Waals surface area contributed by atoms with Crippen LogP contribution in [0.25, 0.3) is 0 Å². The van der Waals surface area contributed by atoms with E-state index in [2.05, 4.69) is 15.0 Å². The van der Waals surface area contributed by atoms with Gasteiger partial charge in [-0.15, -0.1) is 0 Å². The zero-order valence-corrected chi connectivity index (χ0v) is 7.64. The fourth-order valence-corrected chi connectivity index (χ4v) is 0.205. The van der Waals surface area contributed by atoms with Crippen molar-refractivity contribution < 1.29 is 56.9 Å². The fraction of sp³-hybridized carbons (Fsp3) is 0. The van der Waals surface area contributed by atoms with Gasteiger partial charge in [-0.05, 0) is 0 Å². The first-order valence-electron chi connectivity index (χ1n) is 1.55. The second-order valence-electron chi connectivity index (χ2n) is 0.794. The van der Waals surface area contributed by atoms with E-state index in [1.54, 1.807) is 0 Å². The number of aromatic nitrogens is 3. The Morgan fingerprint density at radius 2 is 1.00 bits per heavy atom. The van der Waals surface area contributed by atoms with Crippen molar-refractivity contribution in [2.45, 2.75) is 0 Å². The molecule has 0 aliphatic carbocycles. The summed E-state index contributed by atoms with van der Waals surface area (Å²) in [4.78, 5) is 10.7. The summed E-state index contributed by atoms with van der Waals surface area (Å²) in [6, 6.07) is 0. The molecule has 0 radical (unpaired) electrons. The van der Waals surface area contributed by atoms with E-state index >= 15 is 0 Å². The first kappa shape index (κ1) is 11.4. The van der Waals surface area contributed by atoms with Gasteiger partial charge in [0.1, 0.15) is 19.0 Å². The first-order valence-corrected chi connectivity index (χ1v) is 1.55. The molecule has 1 aromatic rings. The largest absolute Gasteiger partial charge is 1.00 e. The van der Waals surface area contributed by atoms with E-state index in [0.717, 1.165) is 0 Å². The van der Waals surface area contributed by atoms with Gasteiger partial charge in [0.25, 0.3) is 0 Å². The number of hydrogen-bond acceptors (Lipinski definition) is 4. The van der Waals surface area contributed by atoms with Crippen molar-refractivity contribution in [2.75, 3.05) is 0 Å². The molecule has 0 fully saturated rings. The Kier molecular flexibility index (Phi) is 10.8. The van der Waals surface area contributed by atoms with Gasteiger partial charge in [0.2, 0.25) is 0 Å². The van der Waals surface area contributed by atoms with Crippen LogP contribution in [-0.2, 0) is 0 Å². The Balaban J connectivity index is 0. The Morgan fingerprint density at radius 3 is 1.12 bits per heavy atom. The summed E-state index contributed by atoms with van der Waals surface area (Å²) in [5.74, 6) is 0. The minimum atomic E-state index is 0. The van der Waals surface area contributed by atoms with Gasteiger partial charge in [-0.2, -0.15) is 0 Å². The molecule has 0 amide bonds. The van der Waals surface area contributed by atoms with Crippen molar-refractivity contribution in [2.24, 2.45) is 0 Å². The molecule has 0 spiro atoms. The Bertz CT molecular complexity index is 86.5. The number of hydrogen-bond donors (Lipinski definition) is 0. The van der Waals surface area contributed by atoms with E-state index in [0.29, 0.717) is 0 Å². The van der Waals surface area contributed by atoms with E-state index in [4.69, 9.17) is 0 Å². The van der Waals surface area contributed by atoms with Gasteiger partial charge in [0, 0.05) is 0 Å². The molecule has 4 nitrogen and oxygen atoms in total. The monoisotopic (exact) mass is 137 g/mol. The van der Waals surface area contributed by atoms with Crippen molar-refractivity contribution in [3.05, 3.63) is 19.0 Å². The van der Waals surface area contributed by atoms with E-state index in [1.165, 1.54) is 19.0 Å². The molecule has 0 aliphatic heterocycles. The van der Waals surface area contributed by atoms with Crippen LogP contribution in [0.5, 0.6) is 0 Å². The van der Waals surface area contributed by atoms with E-state index in [1.807, 2.05) is 0 Å². The Morgan fingerprint density at radius 1 is 0.750 bits per heavy atom. The Hall–Kier alpha value is 0.606. The van der Waals surface area contributed by atoms with Gasteiger partial charge < -0.3 is 5.48 Å². The molecule has 5 heteroatoms. The normalized spacial score (nSPS) is 6.00. The molecule has 8 heavy (non-hydrogen) atoms. The molecule has 1 heterocycles. The third-order valence-corrected chi connectivity index (χ3v) is 0.400. The molecule has 0 saturated carbocycles.